The fourth-order valence-corrected chi connectivity index (χ4v) is 4.40. The molecule has 1 atom stereocenters. The average molecular weight is 550 g/mol. The zero-order valence-electron chi connectivity index (χ0n) is 20.1. The summed E-state index contributed by atoms with van der Waals surface area (Å²) in [6, 6.07) is 9.55. The van der Waals surface area contributed by atoms with Crippen LogP contribution >= 0.6 is 23.2 Å². The molecule has 196 valence electrons. The van der Waals surface area contributed by atoms with E-state index in [4.69, 9.17) is 28.9 Å². The Morgan fingerprint density at radius 1 is 1.14 bits per heavy atom. The Bertz CT molecular complexity index is 1310. The van der Waals surface area contributed by atoms with Crippen LogP contribution in [0.15, 0.2) is 48.7 Å². The van der Waals surface area contributed by atoms with Gasteiger partial charge in [-0.3, -0.25) is 9.59 Å². The summed E-state index contributed by atoms with van der Waals surface area (Å²) in [5.41, 5.74) is 6.11. The monoisotopic (exact) mass is 549 g/mol. The number of aliphatic hydroxyl groups is 3. The third-order valence-electron chi connectivity index (χ3n) is 5.87. The van der Waals surface area contributed by atoms with Gasteiger partial charge < -0.3 is 21.1 Å². The second-order valence-electron chi connectivity index (χ2n) is 8.58. The lowest BCUT2D eigenvalue weighted by atomic mass is 9.92. The number of aromatic nitrogens is 1. The highest BCUT2D eigenvalue weighted by molar-refractivity contribution is 6.34. The number of halogens is 3. The number of nitrogens with zero attached hydrogens (tertiary/aromatic N) is 2. The molecule has 5 N–H and O–H groups in total. The van der Waals surface area contributed by atoms with Crippen LogP contribution in [0, 0.1) is 5.82 Å². The molecule has 1 aromatic heterocycles. The molecule has 1 unspecified atom stereocenters. The van der Waals surface area contributed by atoms with Gasteiger partial charge in [0.25, 0.3) is 5.91 Å². The maximum atomic E-state index is 14.6. The molecule has 0 aliphatic rings. The minimum absolute atomic E-state index is 0.167. The van der Waals surface area contributed by atoms with Crippen molar-refractivity contribution in [2.45, 2.75) is 45.1 Å². The molecule has 2 aromatic carbocycles. The molecule has 37 heavy (non-hydrogen) atoms. The van der Waals surface area contributed by atoms with Crippen LogP contribution in [0.5, 0.6) is 0 Å². The molecule has 0 radical (unpaired) electrons. The van der Waals surface area contributed by atoms with E-state index in [0.717, 1.165) is 18.9 Å². The highest BCUT2D eigenvalue weighted by Gasteiger charge is 2.40. The van der Waals surface area contributed by atoms with Gasteiger partial charge in [0.1, 0.15) is 11.6 Å². The maximum Gasteiger partial charge on any atom is 0.377 e. The Morgan fingerprint density at radius 2 is 1.84 bits per heavy atom. The molecule has 0 fully saturated rings. The quantitative estimate of drug-likeness (QED) is 0.282. The van der Waals surface area contributed by atoms with Crippen LogP contribution in [0.4, 0.5) is 10.2 Å². The number of carbonyl (C=O) groups is 2. The van der Waals surface area contributed by atoms with Gasteiger partial charge in [0.05, 0.1) is 10.6 Å². The first-order valence-corrected chi connectivity index (χ1v) is 12.2. The van der Waals surface area contributed by atoms with Crippen molar-refractivity contribution < 1.29 is 29.3 Å². The lowest BCUT2D eigenvalue weighted by Crippen LogP contribution is -2.53. The number of pyridine rings is 1. The highest BCUT2D eigenvalue weighted by atomic mass is 35.5. The van der Waals surface area contributed by atoms with E-state index in [1.807, 2.05) is 13.8 Å². The molecule has 0 aliphatic heterocycles. The van der Waals surface area contributed by atoms with Crippen LogP contribution in [0.1, 0.15) is 65.3 Å². The molecule has 3 aromatic rings. The van der Waals surface area contributed by atoms with Crippen molar-refractivity contribution in [1.29, 1.82) is 0 Å². The lowest BCUT2D eigenvalue weighted by Gasteiger charge is -2.32. The van der Waals surface area contributed by atoms with Gasteiger partial charge in [-0.1, -0.05) is 56.0 Å². The number of hydrogen-bond donors (Lipinski definition) is 4. The molecular weight excluding hydrogens is 524 g/mol. The molecule has 0 aliphatic carbocycles. The topological polar surface area (TPSA) is 137 Å². The minimum atomic E-state index is -3.75. The Labute approximate surface area is 223 Å². The normalized spacial score (nSPS) is 12.3. The first kappa shape index (κ1) is 28.5. The second kappa shape index (κ2) is 11.5. The summed E-state index contributed by atoms with van der Waals surface area (Å²) in [6.07, 6.45) is -0.219. The Hall–Kier alpha value is -3.08. The van der Waals surface area contributed by atoms with Gasteiger partial charge in [0.15, 0.2) is 0 Å². The molecule has 0 spiro atoms. The van der Waals surface area contributed by atoms with Crippen LogP contribution in [0.25, 0.3) is 11.1 Å². The second-order valence-corrected chi connectivity index (χ2v) is 9.39. The predicted octanol–water partition coefficient (Wildman–Crippen LogP) is 4.82. The van der Waals surface area contributed by atoms with Crippen molar-refractivity contribution in [3.05, 3.63) is 81.2 Å². The highest BCUT2D eigenvalue weighted by Crippen LogP contribution is 2.38. The summed E-state index contributed by atoms with van der Waals surface area (Å²) in [4.78, 5) is 29.5. The van der Waals surface area contributed by atoms with Crippen LogP contribution in [-0.2, 0) is 0 Å². The molecule has 0 saturated carbocycles. The number of hydrogen-bond acceptors (Lipinski definition) is 6. The van der Waals surface area contributed by atoms with E-state index in [9.17, 15) is 29.3 Å². The van der Waals surface area contributed by atoms with Crippen molar-refractivity contribution in [1.82, 2.24) is 4.98 Å². The molecule has 0 bridgehead atoms. The van der Waals surface area contributed by atoms with Crippen LogP contribution in [0.3, 0.4) is 0 Å². The average Bonchev–Trinajstić information content (AvgIpc) is 2.82. The van der Waals surface area contributed by atoms with Crippen LogP contribution < -0.4 is 10.6 Å². The fourth-order valence-electron chi connectivity index (χ4n) is 3.93. The third kappa shape index (κ3) is 6.26. The summed E-state index contributed by atoms with van der Waals surface area (Å²) >= 11 is 12.4. The number of carbonyl (C=O) groups excluding carboxylic acids is 2. The Balaban J connectivity index is 2.25. The van der Waals surface area contributed by atoms with Gasteiger partial charge in [0.2, 0.25) is 5.91 Å². The molecule has 11 heteroatoms. The van der Waals surface area contributed by atoms with E-state index in [1.54, 1.807) is 6.07 Å². The van der Waals surface area contributed by atoms with Gasteiger partial charge >= 0.3 is 6.10 Å². The SMILES string of the molecule is CCCCC(C)c1cc(-c2cc(C(N)=O)ccc2Cl)cnc1N(C(=O)c1c(F)cccc1Cl)C(O)(O)O. The lowest BCUT2D eigenvalue weighted by molar-refractivity contribution is -0.304. The third-order valence-corrected chi connectivity index (χ3v) is 6.51. The summed E-state index contributed by atoms with van der Waals surface area (Å²) in [5, 5.41) is 30.6. The predicted molar refractivity (Wildman–Crippen MR) is 139 cm³/mol. The van der Waals surface area contributed by atoms with Crippen molar-refractivity contribution in [2.24, 2.45) is 5.73 Å². The first-order valence-electron chi connectivity index (χ1n) is 11.4. The summed E-state index contributed by atoms with van der Waals surface area (Å²) in [7, 11) is 0. The zero-order chi connectivity index (χ0) is 27.5. The molecule has 8 nitrogen and oxygen atoms in total. The standard InChI is InChI=1S/C26H26Cl2FN3O5/c1-3-4-6-14(2)17-12-16(18-11-15(23(30)33)9-10-19(18)27)13-31-24(17)32(26(35,36)37)25(34)22-20(28)7-5-8-21(22)29/h5,7-14,35-37H,3-4,6H2,1-2H3,(H2,30,33). The van der Waals surface area contributed by atoms with E-state index >= 15 is 0 Å². The number of primary amides is 1. The maximum absolute atomic E-state index is 14.6. The number of rotatable bonds is 9. The molecule has 0 saturated heterocycles. The van der Waals surface area contributed by atoms with E-state index in [2.05, 4.69) is 4.98 Å². The molecule has 1 heterocycles. The number of unbranched alkanes of at least 4 members (excludes halogenated alkanes) is 1. The number of amides is 2. The first-order chi connectivity index (χ1) is 17.4. The smallest absolute Gasteiger partial charge is 0.366 e. The zero-order valence-corrected chi connectivity index (χ0v) is 21.6. The largest absolute Gasteiger partial charge is 0.377 e. The van der Waals surface area contributed by atoms with E-state index in [-0.39, 0.29) is 27.2 Å². The Morgan fingerprint density at radius 3 is 2.43 bits per heavy atom. The molecule has 3 rings (SSSR count). The molecular formula is C26H26Cl2FN3O5. The fraction of sp³-hybridized carbons (Fsp3) is 0.269. The van der Waals surface area contributed by atoms with E-state index in [0.29, 0.717) is 28.1 Å². The molecule has 2 amide bonds. The number of anilines is 1. The summed E-state index contributed by atoms with van der Waals surface area (Å²) in [5.74, 6) is -3.66. The van der Waals surface area contributed by atoms with Gasteiger partial charge in [-0.2, -0.15) is 0 Å². The Kier molecular flexibility index (Phi) is 8.88. The number of nitrogens with two attached hydrogens (primary N) is 1. The van der Waals surface area contributed by atoms with Crippen molar-refractivity contribution in [2.75, 3.05) is 4.90 Å². The number of benzene rings is 2. The van der Waals surface area contributed by atoms with Crippen molar-refractivity contribution in [3.8, 4) is 11.1 Å². The van der Waals surface area contributed by atoms with Crippen LogP contribution in [-0.4, -0.2) is 38.2 Å². The van der Waals surface area contributed by atoms with E-state index < -0.39 is 29.3 Å². The summed E-state index contributed by atoms with van der Waals surface area (Å²) in [6.45, 7) is 3.82. The van der Waals surface area contributed by atoms with Gasteiger partial charge in [-0.15, -0.1) is 0 Å². The minimum Gasteiger partial charge on any atom is -0.366 e. The van der Waals surface area contributed by atoms with Gasteiger partial charge in [-0.25, -0.2) is 14.3 Å². The van der Waals surface area contributed by atoms with Gasteiger partial charge in [0, 0.05) is 27.9 Å². The van der Waals surface area contributed by atoms with Crippen molar-refractivity contribution in [3.63, 3.8) is 0 Å². The van der Waals surface area contributed by atoms with E-state index in [1.165, 1.54) is 36.5 Å². The van der Waals surface area contributed by atoms with Crippen LogP contribution in [0.2, 0.25) is 10.0 Å². The summed E-state index contributed by atoms with van der Waals surface area (Å²) < 4.78 is 14.6. The van der Waals surface area contributed by atoms with Gasteiger partial charge in [-0.05, 0) is 54.3 Å². The van der Waals surface area contributed by atoms with Crippen molar-refractivity contribution >= 4 is 40.8 Å².